The van der Waals surface area contributed by atoms with Crippen molar-refractivity contribution in [3.8, 4) is 0 Å². The van der Waals surface area contributed by atoms with E-state index < -0.39 is 0 Å². The van der Waals surface area contributed by atoms with Gasteiger partial charge in [-0.15, -0.1) is 0 Å². The molecule has 9 heavy (non-hydrogen) atoms. The molecule has 0 rings (SSSR count). The maximum atomic E-state index is 10.5. The van der Waals surface area contributed by atoms with Gasteiger partial charge in [-0.05, 0) is 10.9 Å². The summed E-state index contributed by atoms with van der Waals surface area (Å²) in [7, 11) is 1.78. The smallest absolute Gasteiger partial charge is 0.310 e. The van der Waals surface area contributed by atoms with Gasteiger partial charge in [-0.3, -0.25) is 4.79 Å². The molecule has 0 unspecified atom stereocenters. The number of methoxy groups -OCH3 is 1. The Morgan fingerprint density at radius 2 is 2.11 bits per heavy atom. The number of hydrogen-bond acceptors (Lipinski definition) is 2. The van der Waals surface area contributed by atoms with Crippen molar-refractivity contribution in [1.29, 1.82) is 0 Å². The molecule has 0 aliphatic carbocycles. The number of rotatable bonds is 3. The van der Waals surface area contributed by atoms with Crippen LogP contribution in [0.1, 0.15) is 6.42 Å². The van der Waals surface area contributed by atoms with E-state index in [0.29, 0.717) is 17.3 Å². The summed E-state index contributed by atoms with van der Waals surface area (Å²) in [6.07, 6.45) is 4.79. The van der Waals surface area contributed by atoms with E-state index in [1.807, 2.05) is 0 Å². The minimum absolute atomic E-state index is 0.101. The number of carbonyl (C=O) groups excluding carboxylic acids is 1. The number of esters is 1. The van der Waals surface area contributed by atoms with E-state index in [1.54, 1.807) is 0 Å². The second-order valence-electron chi connectivity index (χ2n) is 2.02. The molecule has 0 spiro atoms. The van der Waals surface area contributed by atoms with Crippen molar-refractivity contribution in [2.75, 3.05) is 25.4 Å². The fourth-order valence-electron chi connectivity index (χ4n) is 0.390. The molecule has 3 heteroatoms. The summed E-state index contributed by atoms with van der Waals surface area (Å²) in [4.78, 5) is 10.5. The zero-order valence-electron chi connectivity index (χ0n) is 6.14. The lowest BCUT2D eigenvalue weighted by molar-refractivity contribution is -0.140. The standard InChI is InChI=1S/C6H13O2S/c1-8-6(7)4-5-9(2)3/h4-5H2,1-3H3/q+1. The largest absolute Gasteiger partial charge is 0.469 e. The molecule has 0 saturated heterocycles. The van der Waals surface area contributed by atoms with Crippen LogP contribution in [0.3, 0.4) is 0 Å². The number of ether oxygens (including phenoxy) is 1. The third kappa shape index (κ3) is 5.69. The molecule has 0 heterocycles. The zero-order chi connectivity index (χ0) is 7.28. The van der Waals surface area contributed by atoms with Gasteiger partial charge in [-0.1, -0.05) is 0 Å². The third-order valence-corrected chi connectivity index (χ3v) is 1.96. The van der Waals surface area contributed by atoms with Gasteiger partial charge in [0.05, 0.1) is 26.0 Å². The van der Waals surface area contributed by atoms with Crippen LogP contribution in [0.5, 0.6) is 0 Å². The Hall–Kier alpha value is -0.180. The van der Waals surface area contributed by atoms with Gasteiger partial charge >= 0.3 is 5.97 Å². The third-order valence-electron chi connectivity index (χ3n) is 0.942. The summed E-state index contributed by atoms with van der Waals surface area (Å²) in [5, 5.41) is 0. The van der Waals surface area contributed by atoms with E-state index in [2.05, 4.69) is 17.2 Å². The molecule has 0 saturated carbocycles. The lowest BCUT2D eigenvalue weighted by atomic mass is 10.5. The Labute approximate surface area is 58.9 Å². The summed E-state index contributed by atoms with van der Waals surface area (Å²) in [6.45, 7) is 0. The van der Waals surface area contributed by atoms with Gasteiger partial charge in [0.25, 0.3) is 0 Å². The fraction of sp³-hybridized carbons (Fsp3) is 0.833. The van der Waals surface area contributed by atoms with Crippen molar-refractivity contribution >= 4 is 16.9 Å². The Morgan fingerprint density at radius 1 is 1.56 bits per heavy atom. The van der Waals surface area contributed by atoms with E-state index in [-0.39, 0.29) is 5.97 Å². The van der Waals surface area contributed by atoms with Crippen LogP contribution in [0.15, 0.2) is 0 Å². The van der Waals surface area contributed by atoms with Crippen molar-refractivity contribution in [2.24, 2.45) is 0 Å². The topological polar surface area (TPSA) is 26.3 Å². The molecule has 0 radical (unpaired) electrons. The van der Waals surface area contributed by atoms with Crippen LogP contribution in [0.25, 0.3) is 0 Å². The minimum atomic E-state index is -0.101. The molecule has 2 nitrogen and oxygen atoms in total. The molecule has 0 amide bonds. The summed E-state index contributed by atoms with van der Waals surface area (Å²) >= 11 is 0. The normalized spacial score (nSPS) is 9.78. The molecule has 54 valence electrons. The maximum absolute atomic E-state index is 10.5. The lowest BCUT2D eigenvalue weighted by Crippen LogP contribution is -2.09. The van der Waals surface area contributed by atoms with Gasteiger partial charge in [0.1, 0.15) is 5.75 Å². The van der Waals surface area contributed by atoms with E-state index >= 15 is 0 Å². The first-order valence-corrected chi connectivity index (χ1v) is 4.99. The average molecular weight is 149 g/mol. The van der Waals surface area contributed by atoms with E-state index in [0.717, 1.165) is 5.75 Å². The highest BCUT2D eigenvalue weighted by molar-refractivity contribution is 7.95. The minimum Gasteiger partial charge on any atom is -0.469 e. The molecule has 0 fully saturated rings. The van der Waals surface area contributed by atoms with Crippen LogP contribution >= 0.6 is 0 Å². The van der Waals surface area contributed by atoms with Crippen LogP contribution in [-0.2, 0) is 20.4 Å². The zero-order valence-corrected chi connectivity index (χ0v) is 6.96. The van der Waals surface area contributed by atoms with Gasteiger partial charge in [0.2, 0.25) is 0 Å². The Kier molecular flexibility index (Phi) is 4.58. The molecule has 0 bridgehead atoms. The highest BCUT2D eigenvalue weighted by Gasteiger charge is 2.06. The molecular weight excluding hydrogens is 136 g/mol. The highest BCUT2D eigenvalue weighted by Crippen LogP contribution is 1.90. The summed E-state index contributed by atoms with van der Waals surface area (Å²) in [5.74, 6) is 0.850. The summed E-state index contributed by atoms with van der Waals surface area (Å²) < 4.78 is 4.47. The van der Waals surface area contributed by atoms with Crippen LogP contribution in [0.4, 0.5) is 0 Å². The lowest BCUT2D eigenvalue weighted by Gasteiger charge is -1.95. The van der Waals surface area contributed by atoms with Gasteiger partial charge < -0.3 is 4.74 Å². The SMILES string of the molecule is COC(=O)CC[S+](C)C. The monoisotopic (exact) mass is 149 g/mol. The maximum Gasteiger partial charge on any atom is 0.310 e. The van der Waals surface area contributed by atoms with Crippen molar-refractivity contribution in [1.82, 2.24) is 0 Å². The van der Waals surface area contributed by atoms with Crippen molar-refractivity contribution in [3.63, 3.8) is 0 Å². The van der Waals surface area contributed by atoms with E-state index in [1.165, 1.54) is 7.11 Å². The summed E-state index contributed by atoms with van der Waals surface area (Å²) in [5.41, 5.74) is 0. The first kappa shape index (κ1) is 8.82. The fourth-order valence-corrected chi connectivity index (χ4v) is 0.964. The molecule has 0 aliphatic heterocycles. The van der Waals surface area contributed by atoms with E-state index in [4.69, 9.17) is 0 Å². The first-order chi connectivity index (χ1) is 4.16. The molecule has 0 aliphatic rings. The van der Waals surface area contributed by atoms with Crippen LogP contribution in [-0.4, -0.2) is 31.3 Å². The van der Waals surface area contributed by atoms with E-state index in [9.17, 15) is 4.79 Å². The second-order valence-corrected chi connectivity index (χ2v) is 4.40. The quantitative estimate of drug-likeness (QED) is 0.429. The Balaban J connectivity index is 3.17. The van der Waals surface area contributed by atoms with Gasteiger partial charge in [0.15, 0.2) is 0 Å². The molecule has 0 N–H and O–H groups in total. The predicted molar refractivity (Wildman–Crippen MR) is 40.7 cm³/mol. The van der Waals surface area contributed by atoms with Crippen molar-refractivity contribution in [3.05, 3.63) is 0 Å². The highest BCUT2D eigenvalue weighted by atomic mass is 32.2. The second kappa shape index (κ2) is 4.68. The number of hydrogen-bond donors (Lipinski definition) is 0. The van der Waals surface area contributed by atoms with Crippen LogP contribution < -0.4 is 0 Å². The van der Waals surface area contributed by atoms with Gasteiger partial charge in [-0.2, -0.15) is 0 Å². The Bertz CT molecular complexity index is 91.1. The van der Waals surface area contributed by atoms with Crippen molar-refractivity contribution in [2.45, 2.75) is 6.42 Å². The van der Waals surface area contributed by atoms with Gasteiger partial charge in [-0.25, -0.2) is 0 Å². The number of carbonyl (C=O) groups is 1. The summed E-state index contributed by atoms with van der Waals surface area (Å²) in [6, 6.07) is 0. The molecule has 0 aromatic heterocycles. The molecular formula is C6H13O2S+. The Morgan fingerprint density at radius 3 is 2.44 bits per heavy atom. The first-order valence-electron chi connectivity index (χ1n) is 2.78. The predicted octanol–water partition coefficient (Wildman–Crippen LogP) is 0.427. The van der Waals surface area contributed by atoms with Crippen molar-refractivity contribution < 1.29 is 9.53 Å². The van der Waals surface area contributed by atoms with Gasteiger partial charge in [0, 0.05) is 0 Å². The molecule has 0 aromatic rings. The van der Waals surface area contributed by atoms with Crippen LogP contribution in [0, 0.1) is 0 Å². The average Bonchev–Trinajstić information content (AvgIpc) is 1.83. The van der Waals surface area contributed by atoms with Crippen LogP contribution in [0.2, 0.25) is 0 Å². The molecule has 0 atom stereocenters. The molecule has 0 aromatic carbocycles.